The summed E-state index contributed by atoms with van der Waals surface area (Å²) < 4.78 is 5.04. The maximum absolute atomic E-state index is 11.9. The monoisotopic (exact) mass is 285 g/mol. The summed E-state index contributed by atoms with van der Waals surface area (Å²) in [4.78, 5) is 31.3. The van der Waals surface area contributed by atoms with E-state index in [0.717, 1.165) is 5.56 Å². The van der Waals surface area contributed by atoms with Crippen LogP contribution >= 0.6 is 0 Å². The first kappa shape index (κ1) is 14.6. The molecule has 1 aromatic heterocycles. The van der Waals surface area contributed by atoms with Gasteiger partial charge in [0, 0.05) is 18.1 Å². The minimum atomic E-state index is -0.930. The van der Waals surface area contributed by atoms with Gasteiger partial charge in [-0.25, -0.2) is 9.78 Å². The van der Waals surface area contributed by atoms with Gasteiger partial charge in [0.25, 0.3) is 5.91 Å². The highest BCUT2D eigenvalue weighted by molar-refractivity contribution is 5.96. The first-order valence-electron chi connectivity index (χ1n) is 6.41. The number of esters is 1. The largest absolute Gasteiger partial charge is 0.448 e. The summed E-state index contributed by atoms with van der Waals surface area (Å²) in [5, 5.41) is 2.67. The van der Waals surface area contributed by atoms with Gasteiger partial charge >= 0.3 is 5.97 Å². The van der Waals surface area contributed by atoms with E-state index >= 15 is 0 Å². The molecule has 0 radical (unpaired) electrons. The van der Waals surface area contributed by atoms with E-state index in [1.807, 2.05) is 19.1 Å². The number of rotatable bonds is 4. The lowest BCUT2D eigenvalue weighted by Gasteiger charge is -2.13. The number of nitrogens with zero attached hydrogens (tertiary/aromatic N) is 2. The molecular weight excluding hydrogens is 270 g/mol. The number of amides is 1. The molecule has 1 atom stereocenters. The fraction of sp³-hybridized carbons (Fsp3) is 0.200. The van der Waals surface area contributed by atoms with Crippen LogP contribution in [0.15, 0.2) is 42.9 Å². The Hall–Kier alpha value is -2.76. The van der Waals surface area contributed by atoms with Crippen molar-refractivity contribution >= 4 is 17.6 Å². The predicted octanol–water partition coefficient (Wildman–Crippen LogP) is 1.97. The van der Waals surface area contributed by atoms with Crippen LogP contribution < -0.4 is 5.32 Å². The summed E-state index contributed by atoms with van der Waals surface area (Å²) in [5.74, 6) is -1.09. The molecule has 0 saturated heterocycles. The van der Waals surface area contributed by atoms with Crippen molar-refractivity contribution in [2.45, 2.75) is 20.0 Å². The molecule has 21 heavy (non-hydrogen) atoms. The van der Waals surface area contributed by atoms with Gasteiger partial charge in [-0.2, -0.15) is 0 Å². The molecule has 0 saturated carbocycles. The van der Waals surface area contributed by atoms with E-state index in [1.54, 1.807) is 12.1 Å². The van der Waals surface area contributed by atoms with E-state index < -0.39 is 18.0 Å². The van der Waals surface area contributed by atoms with Gasteiger partial charge in [-0.3, -0.25) is 9.78 Å². The van der Waals surface area contributed by atoms with Crippen molar-refractivity contribution in [1.82, 2.24) is 9.97 Å². The highest BCUT2D eigenvalue weighted by Crippen LogP contribution is 2.10. The van der Waals surface area contributed by atoms with Crippen molar-refractivity contribution in [1.29, 1.82) is 0 Å². The van der Waals surface area contributed by atoms with E-state index in [0.29, 0.717) is 5.69 Å². The van der Waals surface area contributed by atoms with E-state index in [9.17, 15) is 9.59 Å². The summed E-state index contributed by atoms with van der Waals surface area (Å²) in [5.41, 5.74) is 1.80. The van der Waals surface area contributed by atoms with Crippen LogP contribution in [0.1, 0.15) is 23.0 Å². The second-order valence-electron chi connectivity index (χ2n) is 4.49. The second kappa shape index (κ2) is 6.60. The molecule has 6 nitrogen and oxygen atoms in total. The smallest absolute Gasteiger partial charge is 0.359 e. The van der Waals surface area contributed by atoms with Gasteiger partial charge < -0.3 is 10.1 Å². The maximum Gasteiger partial charge on any atom is 0.359 e. The number of nitrogens with one attached hydrogen (secondary N) is 1. The van der Waals surface area contributed by atoms with Crippen LogP contribution in [0.5, 0.6) is 0 Å². The van der Waals surface area contributed by atoms with Gasteiger partial charge in [0.1, 0.15) is 0 Å². The van der Waals surface area contributed by atoms with Gasteiger partial charge in [-0.05, 0) is 26.0 Å². The van der Waals surface area contributed by atoms with Crippen molar-refractivity contribution in [3.05, 3.63) is 54.1 Å². The molecule has 108 valence electrons. The average Bonchev–Trinajstić information content (AvgIpc) is 2.50. The fourth-order valence-corrected chi connectivity index (χ4v) is 1.56. The summed E-state index contributed by atoms with van der Waals surface area (Å²) in [6, 6.07) is 7.33. The molecule has 0 aliphatic rings. The Morgan fingerprint density at radius 1 is 1.19 bits per heavy atom. The number of hydrogen-bond donors (Lipinski definition) is 1. The number of benzene rings is 1. The lowest BCUT2D eigenvalue weighted by molar-refractivity contribution is -0.123. The van der Waals surface area contributed by atoms with Crippen LogP contribution in [-0.4, -0.2) is 27.9 Å². The number of aromatic nitrogens is 2. The first-order valence-corrected chi connectivity index (χ1v) is 6.41. The Kier molecular flexibility index (Phi) is 4.61. The van der Waals surface area contributed by atoms with Crippen molar-refractivity contribution in [3.63, 3.8) is 0 Å². The molecule has 1 heterocycles. The topological polar surface area (TPSA) is 81.2 Å². The normalized spacial score (nSPS) is 11.5. The average molecular weight is 285 g/mol. The van der Waals surface area contributed by atoms with Crippen molar-refractivity contribution in [2.75, 3.05) is 5.32 Å². The molecule has 0 aliphatic heterocycles. The molecule has 2 aromatic rings. The third kappa shape index (κ3) is 4.10. The summed E-state index contributed by atoms with van der Waals surface area (Å²) in [7, 11) is 0. The Labute approximate surface area is 122 Å². The van der Waals surface area contributed by atoms with Crippen LogP contribution in [0, 0.1) is 6.92 Å². The Bertz CT molecular complexity index is 626. The molecular formula is C15H15N3O3. The lowest BCUT2D eigenvalue weighted by Crippen LogP contribution is -2.30. The van der Waals surface area contributed by atoms with E-state index in [4.69, 9.17) is 4.74 Å². The molecule has 0 fully saturated rings. The lowest BCUT2D eigenvalue weighted by atomic mass is 10.2. The molecule has 0 bridgehead atoms. The standard InChI is InChI=1S/C15H15N3O3/c1-10-3-5-12(6-4-10)18-14(19)11(2)21-15(20)13-9-16-7-8-17-13/h3-9,11H,1-2H3,(H,18,19)/t11-/m1/s1. The molecule has 2 rings (SSSR count). The Balaban J connectivity index is 1.93. The fourth-order valence-electron chi connectivity index (χ4n) is 1.56. The van der Waals surface area contributed by atoms with E-state index in [2.05, 4.69) is 15.3 Å². The number of ether oxygens (including phenoxy) is 1. The van der Waals surface area contributed by atoms with Gasteiger partial charge in [0.05, 0.1) is 6.20 Å². The summed E-state index contributed by atoms with van der Waals surface area (Å²) in [6.45, 7) is 3.45. The zero-order valence-corrected chi connectivity index (χ0v) is 11.7. The Morgan fingerprint density at radius 3 is 2.52 bits per heavy atom. The number of carbonyl (C=O) groups is 2. The number of carbonyl (C=O) groups excluding carboxylic acids is 2. The minimum absolute atomic E-state index is 0.0625. The van der Waals surface area contributed by atoms with Crippen LogP contribution in [0.4, 0.5) is 5.69 Å². The second-order valence-corrected chi connectivity index (χ2v) is 4.49. The number of anilines is 1. The van der Waals surface area contributed by atoms with Crippen LogP contribution in [0.25, 0.3) is 0 Å². The zero-order valence-electron chi connectivity index (χ0n) is 11.7. The molecule has 1 amide bonds. The molecule has 1 N–H and O–H groups in total. The molecule has 0 unspecified atom stereocenters. The number of hydrogen-bond acceptors (Lipinski definition) is 5. The maximum atomic E-state index is 11.9. The third-order valence-electron chi connectivity index (χ3n) is 2.74. The van der Waals surface area contributed by atoms with Gasteiger partial charge in [0.2, 0.25) is 0 Å². The van der Waals surface area contributed by atoms with Crippen LogP contribution in [0.2, 0.25) is 0 Å². The molecule has 0 aliphatic carbocycles. The summed E-state index contributed by atoms with van der Waals surface area (Å²) in [6.07, 6.45) is 3.19. The van der Waals surface area contributed by atoms with E-state index in [1.165, 1.54) is 25.5 Å². The zero-order chi connectivity index (χ0) is 15.2. The SMILES string of the molecule is Cc1ccc(NC(=O)[C@@H](C)OC(=O)c2cnccn2)cc1. The van der Waals surface area contributed by atoms with Crippen molar-refractivity contribution in [3.8, 4) is 0 Å². The van der Waals surface area contributed by atoms with Crippen molar-refractivity contribution < 1.29 is 14.3 Å². The van der Waals surface area contributed by atoms with Gasteiger partial charge in [-0.15, -0.1) is 0 Å². The number of aryl methyl sites for hydroxylation is 1. The summed E-state index contributed by atoms with van der Waals surface area (Å²) >= 11 is 0. The Morgan fingerprint density at radius 2 is 1.90 bits per heavy atom. The molecule has 6 heteroatoms. The predicted molar refractivity (Wildman–Crippen MR) is 76.7 cm³/mol. The van der Waals surface area contributed by atoms with Gasteiger partial charge in [0.15, 0.2) is 11.8 Å². The highest BCUT2D eigenvalue weighted by atomic mass is 16.5. The van der Waals surface area contributed by atoms with E-state index in [-0.39, 0.29) is 5.69 Å². The highest BCUT2D eigenvalue weighted by Gasteiger charge is 2.19. The third-order valence-corrected chi connectivity index (χ3v) is 2.74. The molecule has 1 aromatic carbocycles. The van der Waals surface area contributed by atoms with Gasteiger partial charge in [-0.1, -0.05) is 17.7 Å². The first-order chi connectivity index (χ1) is 10.1. The minimum Gasteiger partial charge on any atom is -0.448 e. The molecule has 0 spiro atoms. The quantitative estimate of drug-likeness (QED) is 0.868. The van der Waals surface area contributed by atoms with Crippen LogP contribution in [0.3, 0.4) is 0 Å². The van der Waals surface area contributed by atoms with Crippen LogP contribution in [-0.2, 0) is 9.53 Å². The van der Waals surface area contributed by atoms with Crippen molar-refractivity contribution in [2.24, 2.45) is 0 Å².